The van der Waals surface area contributed by atoms with E-state index in [1.807, 2.05) is 13.8 Å². The fourth-order valence-electron chi connectivity index (χ4n) is 3.16. The Morgan fingerprint density at radius 1 is 1.12 bits per heavy atom. The van der Waals surface area contributed by atoms with E-state index in [0.717, 1.165) is 11.6 Å². The van der Waals surface area contributed by atoms with Crippen molar-refractivity contribution in [3.63, 3.8) is 0 Å². The van der Waals surface area contributed by atoms with E-state index in [-0.39, 0.29) is 17.9 Å². The Bertz CT molecular complexity index is 898. The van der Waals surface area contributed by atoms with Gasteiger partial charge in [0, 0.05) is 11.1 Å². The highest BCUT2D eigenvalue weighted by Crippen LogP contribution is 2.40. The summed E-state index contributed by atoms with van der Waals surface area (Å²) in [5, 5.41) is 0. The highest BCUT2D eigenvalue weighted by molar-refractivity contribution is 6.17. The zero-order valence-electron chi connectivity index (χ0n) is 14.6. The highest BCUT2D eigenvalue weighted by atomic mass is 19.4. The molecule has 2 aromatic carbocycles. The largest absolute Gasteiger partial charge is 0.462 e. The molecule has 0 atom stereocenters. The van der Waals surface area contributed by atoms with E-state index < -0.39 is 23.2 Å². The first-order chi connectivity index (χ1) is 12.1. The molecule has 2 aromatic rings. The summed E-state index contributed by atoms with van der Waals surface area (Å²) in [6.45, 7) is 5.58. The molecule has 26 heavy (non-hydrogen) atoms. The van der Waals surface area contributed by atoms with Gasteiger partial charge in [-0.15, -0.1) is 0 Å². The Labute approximate surface area is 149 Å². The molecule has 3 nitrogen and oxygen atoms in total. The van der Waals surface area contributed by atoms with Crippen molar-refractivity contribution in [3.8, 4) is 0 Å². The van der Waals surface area contributed by atoms with Gasteiger partial charge in [-0.05, 0) is 44.5 Å². The predicted molar refractivity (Wildman–Crippen MR) is 92.5 cm³/mol. The number of carbonyl (C=O) groups is 1. The summed E-state index contributed by atoms with van der Waals surface area (Å²) in [4.78, 5) is 16.6. The van der Waals surface area contributed by atoms with Crippen molar-refractivity contribution >= 4 is 11.7 Å². The van der Waals surface area contributed by atoms with Gasteiger partial charge < -0.3 is 4.74 Å². The third kappa shape index (κ3) is 3.11. The second kappa shape index (κ2) is 6.27. The van der Waals surface area contributed by atoms with E-state index in [9.17, 15) is 18.0 Å². The van der Waals surface area contributed by atoms with Crippen molar-refractivity contribution in [3.05, 3.63) is 70.3 Å². The Morgan fingerprint density at radius 3 is 2.46 bits per heavy atom. The first-order valence-corrected chi connectivity index (χ1v) is 8.23. The molecule has 1 heterocycles. The molecule has 0 N–H and O–H groups in total. The predicted octanol–water partition coefficient (Wildman–Crippen LogP) is 4.97. The van der Waals surface area contributed by atoms with Crippen molar-refractivity contribution in [1.29, 1.82) is 0 Å². The number of rotatable bonds is 3. The quantitative estimate of drug-likeness (QED) is 0.724. The molecular formula is C20H18F3NO2. The van der Waals surface area contributed by atoms with Crippen LogP contribution in [0, 0.1) is 0 Å². The number of alkyl halides is 3. The fraction of sp³-hybridized carbons (Fsp3) is 0.300. The van der Waals surface area contributed by atoms with Crippen LogP contribution in [-0.4, -0.2) is 18.3 Å². The smallest absolute Gasteiger partial charge is 0.417 e. The van der Waals surface area contributed by atoms with Crippen LogP contribution in [0.15, 0.2) is 47.5 Å². The van der Waals surface area contributed by atoms with Crippen LogP contribution >= 0.6 is 0 Å². The number of aliphatic imine (C=N–C) groups is 1. The van der Waals surface area contributed by atoms with Crippen LogP contribution in [0.4, 0.5) is 13.2 Å². The normalized spacial score (nSPS) is 15.4. The third-order valence-electron chi connectivity index (χ3n) is 4.32. The summed E-state index contributed by atoms with van der Waals surface area (Å²) in [5.74, 6) is -0.511. The molecule has 0 aliphatic carbocycles. The van der Waals surface area contributed by atoms with Crippen LogP contribution in [-0.2, 0) is 16.5 Å². The molecule has 0 bridgehead atoms. The molecule has 0 spiro atoms. The van der Waals surface area contributed by atoms with Gasteiger partial charge in [0.25, 0.3) is 0 Å². The minimum absolute atomic E-state index is 0.00725. The lowest BCUT2D eigenvalue weighted by molar-refractivity contribution is -0.137. The van der Waals surface area contributed by atoms with Gasteiger partial charge in [-0.3, -0.25) is 4.99 Å². The van der Waals surface area contributed by atoms with Crippen LogP contribution in [0.5, 0.6) is 0 Å². The molecule has 136 valence electrons. The summed E-state index contributed by atoms with van der Waals surface area (Å²) < 4.78 is 45.3. The van der Waals surface area contributed by atoms with E-state index in [1.165, 1.54) is 12.1 Å². The second-order valence-electron chi connectivity index (χ2n) is 6.54. The molecule has 0 saturated carbocycles. The molecule has 0 fully saturated rings. The van der Waals surface area contributed by atoms with Gasteiger partial charge in [0.1, 0.15) is 0 Å². The molecule has 6 heteroatoms. The maximum Gasteiger partial charge on any atom is 0.417 e. The highest BCUT2D eigenvalue weighted by Gasteiger charge is 2.38. The van der Waals surface area contributed by atoms with E-state index in [0.29, 0.717) is 11.1 Å². The Balaban J connectivity index is 2.19. The zero-order chi connectivity index (χ0) is 19.1. The summed E-state index contributed by atoms with van der Waals surface area (Å²) in [6.07, 6.45) is -4.50. The molecule has 0 unspecified atom stereocenters. The Kier molecular flexibility index (Phi) is 4.38. The Hall–Kier alpha value is -2.63. The number of esters is 1. The van der Waals surface area contributed by atoms with Gasteiger partial charge in [-0.1, -0.05) is 24.3 Å². The van der Waals surface area contributed by atoms with Gasteiger partial charge in [0.05, 0.1) is 29.0 Å². The number of hydrogen-bond acceptors (Lipinski definition) is 3. The maximum atomic E-state index is 13.4. The number of fused-ring (bicyclic) bond motifs is 1. The van der Waals surface area contributed by atoms with E-state index in [1.54, 1.807) is 31.2 Å². The molecule has 3 rings (SSSR count). The molecule has 1 aliphatic heterocycles. The minimum Gasteiger partial charge on any atom is -0.462 e. The lowest BCUT2D eigenvalue weighted by atomic mass is 9.89. The van der Waals surface area contributed by atoms with Gasteiger partial charge in [0.2, 0.25) is 0 Å². The maximum absolute atomic E-state index is 13.4. The molecular weight excluding hydrogens is 343 g/mol. The van der Waals surface area contributed by atoms with E-state index >= 15 is 0 Å². The van der Waals surface area contributed by atoms with Gasteiger partial charge >= 0.3 is 12.1 Å². The number of hydrogen-bond donors (Lipinski definition) is 0. The third-order valence-corrected chi connectivity index (χ3v) is 4.32. The average molecular weight is 361 g/mol. The van der Waals surface area contributed by atoms with Crippen molar-refractivity contribution < 1.29 is 22.7 Å². The first-order valence-electron chi connectivity index (χ1n) is 8.23. The number of ether oxygens (including phenoxy) is 1. The molecule has 0 aromatic heterocycles. The van der Waals surface area contributed by atoms with Crippen molar-refractivity contribution in [2.45, 2.75) is 32.5 Å². The van der Waals surface area contributed by atoms with E-state index in [4.69, 9.17) is 4.74 Å². The Morgan fingerprint density at radius 2 is 1.81 bits per heavy atom. The van der Waals surface area contributed by atoms with Crippen molar-refractivity contribution in [2.24, 2.45) is 4.99 Å². The summed E-state index contributed by atoms with van der Waals surface area (Å²) in [6, 6.07) is 10.3. The van der Waals surface area contributed by atoms with Gasteiger partial charge in [-0.2, -0.15) is 13.2 Å². The summed E-state index contributed by atoms with van der Waals surface area (Å²) in [5.41, 5.74) is 0.410. The summed E-state index contributed by atoms with van der Waals surface area (Å²) >= 11 is 0. The monoisotopic (exact) mass is 361 g/mol. The van der Waals surface area contributed by atoms with Crippen molar-refractivity contribution in [2.75, 3.05) is 6.61 Å². The second-order valence-corrected chi connectivity index (χ2v) is 6.54. The molecule has 0 radical (unpaired) electrons. The lowest BCUT2D eigenvalue weighted by Gasteiger charge is -2.16. The molecule has 0 saturated heterocycles. The number of nitrogens with zero attached hydrogens (tertiary/aromatic N) is 1. The molecule has 1 aliphatic rings. The topological polar surface area (TPSA) is 38.7 Å². The molecule has 0 amide bonds. The van der Waals surface area contributed by atoms with Gasteiger partial charge in [-0.25, -0.2) is 4.79 Å². The zero-order valence-corrected chi connectivity index (χ0v) is 14.6. The van der Waals surface area contributed by atoms with Gasteiger partial charge in [0.15, 0.2) is 0 Å². The van der Waals surface area contributed by atoms with Crippen LogP contribution in [0.2, 0.25) is 0 Å². The van der Waals surface area contributed by atoms with E-state index in [2.05, 4.69) is 4.99 Å². The standard InChI is InChI=1S/C20H18F3NO2/c1-4-26-18(25)12-9-10-15-14(11-12)17(24-19(15,2)3)13-7-5-6-8-16(13)20(21,22)23/h5-11H,4H2,1-3H3. The van der Waals surface area contributed by atoms with Crippen LogP contribution in [0.1, 0.15) is 53.4 Å². The lowest BCUT2D eigenvalue weighted by Crippen LogP contribution is -2.14. The first kappa shape index (κ1) is 18.2. The average Bonchev–Trinajstić information content (AvgIpc) is 2.85. The summed E-state index contributed by atoms with van der Waals surface area (Å²) in [7, 11) is 0. The van der Waals surface area contributed by atoms with Crippen molar-refractivity contribution in [1.82, 2.24) is 0 Å². The number of carbonyl (C=O) groups excluding carboxylic acids is 1. The number of benzene rings is 2. The minimum atomic E-state index is -4.50. The number of halogens is 3. The van der Waals surface area contributed by atoms with Crippen LogP contribution < -0.4 is 0 Å². The van der Waals surface area contributed by atoms with Crippen LogP contribution in [0.25, 0.3) is 0 Å². The SMILES string of the molecule is CCOC(=O)c1ccc2c(c1)C(c1ccccc1C(F)(F)F)=NC2(C)C. The van der Waals surface area contributed by atoms with Crippen LogP contribution in [0.3, 0.4) is 0 Å². The fourth-order valence-corrected chi connectivity index (χ4v) is 3.16.